The van der Waals surface area contributed by atoms with Crippen LogP contribution in [0.15, 0.2) is 36.7 Å². The van der Waals surface area contributed by atoms with E-state index in [9.17, 15) is 8.78 Å². The fourth-order valence-corrected chi connectivity index (χ4v) is 4.23. The van der Waals surface area contributed by atoms with Gasteiger partial charge in [-0.2, -0.15) is 5.10 Å². The van der Waals surface area contributed by atoms with E-state index in [1.807, 2.05) is 39.4 Å². The third-order valence-electron chi connectivity index (χ3n) is 6.07. The average Bonchev–Trinajstić information content (AvgIpc) is 3.21. The number of rotatable bonds is 3. The Labute approximate surface area is 184 Å². The van der Waals surface area contributed by atoms with Crippen molar-refractivity contribution in [1.82, 2.24) is 24.7 Å². The second kappa shape index (κ2) is 8.02. The van der Waals surface area contributed by atoms with E-state index < -0.39 is 11.6 Å². The number of hydrogen-bond acceptors (Lipinski definition) is 5. The van der Waals surface area contributed by atoms with Crippen molar-refractivity contribution in [3.8, 4) is 11.3 Å². The van der Waals surface area contributed by atoms with Gasteiger partial charge in [-0.3, -0.25) is 4.68 Å². The lowest BCUT2D eigenvalue weighted by Gasteiger charge is -2.29. The number of benzene rings is 1. The van der Waals surface area contributed by atoms with E-state index in [0.717, 1.165) is 41.6 Å². The maximum absolute atomic E-state index is 14.7. The van der Waals surface area contributed by atoms with Crippen LogP contribution in [-0.2, 0) is 11.8 Å². The fraction of sp³-hybridized carbons (Fsp3) is 0.333. The number of hydrogen-bond donors (Lipinski definition) is 0. The van der Waals surface area contributed by atoms with Crippen LogP contribution in [0.5, 0.6) is 0 Å². The smallest absolute Gasteiger partial charge is 0.135 e. The van der Waals surface area contributed by atoms with Gasteiger partial charge in [0, 0.05) is 48.7 Å². The third-order valence-corrected chi connectivity index (χ3v) is 6.07. The summed E-state index contributed by atoms with van der Waals surface area (Å²) in [5.41, 5.74) is 5.15. The van der Waals surface area contributed by atoms with Gasteiger partial charge < -0.3 is 4.74 Å². The van der Waals surface area contributed by atoms with Crippen molar-refractivity contribution < 1.29 is 13.5 Å². The largest absolute Gasteiger partial charge is 0.373 e. The number of pyridine rings is 1. The van der Waals surface area contributed by atoms with Gasteiger partial charge in [-0.15, -0.1) is 0 Å². The minimum Gasteiger partial charge on any atom is -0.373 e. The third kappa shape index (κ3) is 3.75. The highest BCUT2D eigenvalue weighted by Gasteiger charge is 2.28. The molecular weight excluding hydrogens is 412 g/mol. The lowest BCUT2D eigenvalue weighted by atomic mass is 9.89. The molecule has 5 rings (SSSR count). The zero-order valence-electron chi connectivity index (χ0n) is 18.1. The molecule has 1 aliphatic heterocycles. The quantitative estimate of drug-likeness (QED) is 0.455. The molecule has 0 unspecified atom stereocenters. The molecule has 0 N–H and O–H groups in total. The fourth-order valence-electron chi connectivity index (χ4n) is 4.23. The summed E-state index contributed by atoms with van der Waals surface area (Å²) in [6.07, 6.45) is 5.21. The molecule has 0 bridgehead atoms. The Bertz CT molecular complexity index is 1320. The van der Waals surface area contributed by atoms with Gasteiger partial charge in [-0.05, 0) is 44.9 Å². The number of halogens is 2. The highest BCUT2D eigenvalue weighted by atomic mass is 19.1. The molecule has 8 heteroatoms. The summed E-state index contributed by atoms with van der Waals surface area (Å²) in [6, 6.07) is 5.46. The Morgan fingerprint density at radius 1 is 1.06 bits per heavy atom. The van der Waals surface area contributed by atoms with Gasteiger partial charge in [0.15, 0.2) is 0 Å². The summed E-state index contributed by atoms with van der Waals surface area (Å²) >= 11 is 0. The van der Waals surface area contributed by atoms with Crippen molar-refractivity contribution in [3.63, 3.8) is 0 Å². The Balaban J connectivity index is 1.62. The molecule has 0 aliphatic carbocycles. The minimum atomic E-state index is -0.670. The van der Waals surface area contributed by atoms with E-state index in [4.69, 9.17) is 14.7 Å². The SMILES string of the molecule is Cc1nc2cc([C@H]3CCO[C@H](c4cnn(C)c4)C3)nc(-c3ccc(F)cc3F)c2nc1C. The average molecular weight is 435 g/mol. The summed E-state index contributed by atoms with van der Waals surface area (Å²) in [5.74, 6) is -1.20. The van der Waals surface area contributed by atoms with Crippen molar-refractivity contribution >= 4 is 11.0 Å². The molecule has 6 nitrogen and oxygen atoms in total. The maximum Gasteiger partial charge on any atom is 0.135 e. The van der Waals surface area contributed by atoms with Crippen LogP contribution in [0, 0.1) is 25.5 Å². The number of aryl methyl sites for hydroxylation is 3. The first-order valence-electron chi connectivity index (χ1n) is 10.6. The van der Waals surface area contributed by atoms with Crippen LogP contribution in [0.25, 0.3) is 22.3 Å². The van der Waals surface area contributed by atoms with E-state index in [2.05, 4.69) is 10.1 Å². The van der Waals surface area contributed by atoms with Crippen LogP contribution in [0.3, 0.4) is 0 Å². The van der Waals surface area contributed by atoms with Crippen LogP contribution in [0.4, 0.5) is 8.78 Å². The summed E-state index contributed by atoms with van der Waals surface area (Å²) in [7, 11) is 1.88. The van der Waals surface area contributed by atoms with Crippen molar-refractivity contribution in [3.05, 3.63) is 70.9 Å². The van der Waals surface area contributed by atoms with Crippen molar-refractivity contribution in [2.24, 2.45) is 7.05 Å². The van der Waals surface area contributed by atoms with Crippen LogP contribution in [0.1, 0.15) is 47.5 Å². The second-order valence-corrected chi connectivity index (χ2v) is 8.31. The summed E-state index contributed by atoms with van der Waals surface area (Å²) in [4.78, 5) is 14.2. The van der Waals surface area contributed by atoms with Gasteiger partial charge in [0.2, 0.25) is 0 Å². The number of ether oxygens (including phenoxy) is 1. The predicted molar refractivity (Wildman–Crippen MR) is 116 cm³/mol. The molecule has 4 aromatic rings. The monoisotopic (exact) mass is 435 g/mol. The van der Waals surface area contributed by atoms with Gasteiger partial charge in [0.1, 0.15) is 22.8 Å². The number of fused-ring (bicyclic) bond motifs is 1. The highest BCUT2D eigenvalue weighted by Crippen LogP contribution is 2.39. The first-order valence-corrected chi connectivity index (χ1v) is 10.6. The number of aromatic nitrogens is 5. The summed E-state index contributed by atoms with van der Waals surface area (Å²) < 4.78 is 36.1. The van der Waals surface area contributed by atoms with Crippen molar-refractivity contribution in [2.45, 2.75) is 38.7 Å². The van der Waals surface area contributed by atoms with Gasteiger partial charge in [0.25, 0.3) is 0 Å². The highest BCUT2D eigenvalue weighted by molar-refractivity contribution is 5.89. The molecule has 164 valence electrons. The lowest BCUT2D eigenvalue weighted by molar-refractivity contribution is 0.00464. The van der Waals surface area contributed by atoms with E-state index in [1.54, 1.807) is 4.68 Å². The predicted octanol–water partition coefficient (Wildman–Crippen LogP) is 4.96. The normalized spacial score (nSPS) is 18.9. The molecule has 1 saturated heterocycles. The van der Waals surface area contributed by atoms with Gasteiger partial charge >= 0.3 is 0 Å². The molecule has 0 spiro atoms. The van der Waals surface area contributed by atoms with E-state index in [0.29, 0.717) is 23.3 Å². The molecule has 3 aromatic heterocycles. The molecular formula is C24H23F2N5O. The second-order valence-electron chi connectivity index (χ2n) is 8.31. The Hall–Kier alpha value is -3.26. The molecule has 32 heavy (non-hydrogen) atoms. The topological polar surface area (TPSA) is 65.7 Å². The summed E-state index contributed by atoms with van der Waals surface area (Å²) in [6.45, 7) is 4.34. The molecule has 1 fully saturated rings. The molecule has 1 aliphatic rings. The molecule has 2 atom stereocenters. The van der Waals surface area contributed by atoms with Gasteiger partial charge in [-0.25, -0.2) is 23.7 Å². The number of nitrogens with zero attached hydrogens (tertiary/aromatic N) is 5. The molecule has 1 aromatic carbocycles. The Morgan fingerprint density at radius 2 is 1.88 bits per heavy atom. The first-order chi connectivity index (χ1) is 15.4. The first kappa shape index (κ1) is 20.6. The van der Waals surface area contributed by atoms with Crippen LogP contribution >= 0.6 is 0 Å². The standard InChI is InChI=1S/C24H23F2N5O/c1-13-14(2)29-24-21(28-13)10-20(30-23(24)18-5-4-17(25)9-19(18)26)15-6-7-32-22(8-15)16-11-27-31(3)12-16/h4-5,9-12,15,22H,6-8H2,1-3H3/t15-,22-/m0/s1. The van der Waals surface area contributed by atoms with E-state index in [-0.39, 0.29) is 17.6 Å². The van der Waals surface area contributed by atoms with Crippen LogP contribution in [-0.4, -0.2) is 31.3 Å². The maximum atomic E-state index is 14.7. The van der Waals surface area contributed by atoms with Crippen molar-refractivity contribution in [1.29, 1.82) is 0 Å². The van der Waals surface area contributed by atoms with Gasteiger partial charge in [0.05, 0.1) is 29.2 Å². The van der Waals surface area contributed by atoms with Gasteiger partial charge in [-0.1, -0.05) is 0 Å². The Morgan fingerprint density at radius 3 is 2.62 bits per heavy atom. The zero-order chi connectivity index (χ0) is 22.4. The van der Waals surface area contributed by atoms with Crippen LogP contribution in [0.2, 0.25) is 0 Å². The zero-order valence-corrected chi connectivity index (χ0v) is 18.1. The van der Waals surface area contributed by atoms with Crippen molar-refractivity contribution in [2.75, 3.05) is 6.61 Å². The Kier molecular flexibility index (Phi) is 5.17. The van der Waals surface area contributed by atoms with E-state index >= 15 is 0 Å². The lowest BCUT2D eigenvalue weighted by Crippen LogP contribution is -2.19. The van der Waals surface area contributed by atoms with Crippen LogP contribution < -0.4 is 0 Å². The molecule has 4 heterocycles. The molecule has 0 amide bonds. The molecule has 0 saturated carbocycles. The minimum absolute atomic E-state index is 0.0863. The molecule has 0 radical (unpaired) electrons. The van der Waals surface area contributed by atoms with E-state index in [1.165, 1.54) is 12.1 Å². The summed E-state index contributed by atoms with van der Waals surface area (Å²) in [5, 5.41) is 4.25.